The molecule has 0 bridgehead atoms. The predicted molar refractivity (Wildman–Crippen MR) is 92.4 cm³/mol. The van der Waals surface area contributed by atoms with E-state index in [0.29, 0.717) is 16.4 Å². The fraction of sp³-hybridized carbons (Fsp3) is 0.111. The second kappa shape index (κ2) is 7.85. The van der Waals surface area contributed by atoms with E-state index in [2.05, 4.69) is 0 Å². The summed E-state index contributed by atoms with van der Waals surface area (Å²) in [4.78, 5) is 25.7. The molecule has 1 aliphatic rings. The van der Waals surface area contributed by atoms with E-state index in [1.165, 1.54) is 24.3 Å². The second-order valence-electron chi connectivity index (χ2n) is 5.03. The first kappa shape index (κ1) is 17.0. The van der Waals surface area contributed by atoms with E-state index in [4.69, 9.17) is 9.15 Å². The molecule has 1 aromatic heterocycles. The number of furan rings is 1. The van der Waals surface area contributed by atoms with Crippen molar-refractivity contribution in [2.24, 2.45) is 0 Å². The average molecular weight is 359 g/mol. The normalized spacial score (nSPS) is 16.4. The first-order valence-electron chi connectivity index (χ1n) is 7.47. The van der Waals surface area contributed by atoms with Crippen molar-refractivity contribution in [2.75, 3.05) is 13.2 Å². The number of rotatable bonds is 6. The highest BCUT2D eigenvalue weighted by atomic mass is 32.2. The van der Waals surface area contributed by atoms with Crippen molar-refractivity contribution >= 4 is 29.0 Å². The molecule has 2 heterocycles. The van der Waals surface area contributed by atoms with Crippen LogP contribution in [0.25, 0.3) is 6.08 Å². The fourth-order valence-electron chi connectivity index (χ4n) is 2.11. The minimum absolute atomic E-state index is 0.126. The topological polar surface area (TPSA) is 59.8 Å². The number of hydrogen-bond acceptors (Lipinski definition) is 5. The lowest BCUT2D eigenvalue weighted by molar-refractivity contribution is -0.123. The summed E-state index contributed by atoms with van der Waals surface area (Å²) in [5.41, 5.74) is 0. The number of hydrogen-bond donors (Lipinski definition) is 0. The molecule has 5 nitrogen and oxygen atoms in total. The van der Waals surface area contributed by atoms with Crippen LogP contribution in [0.1, 0.15) is 5.76 Å². The van der Waals surface area contributed by atoms with Crippen LogP contribution < -0.4 is 4.74 Å². The number of amides is 2. The molecule has 1 aromatic carbocycles. The van der Waals surface area contributed by atoms with Gasteiger partial charge in [-0.15, -0.1) is 0 Å². The van der Waals surface area contributed by atoms with Crippen molar-refractivity contribution in [3.05, 3.63) is 71.3 Å². The zero-order valence-corrected chi connectivity index (χ0v) is 13.9. The number of halogens is 1. The van der Waals surface area contributed by atoms with Crippen molar-refractivity contribution < 1.29 is 23.1 Å². The van der Waals surface area contributed by atoms with Crippen molar-refractivity contribution in [1.82, 2.24) is 4.90 Å². The van der Waals surface area contributed by atoms with Gasteiger partial charge < -0.3 is 9.15 Å². The van der Waals surface area contributed by atoms with E-state index < -0.39 is 0 Å². The first-order chi connectivity index (χ1) is 12.1. The van der Waals surface area contributed by atoms with Gasteiger partial charge in [-0.05, 0) is 60.3 Å². The van der Waals surface area contributed by atoms with E-state index in [-0.39, 0.29) is 30.1 Å². The molecule has 3 rings (SSSR count). The summed E-state index contributed by atoms with van der Waals surface area (Å²) in [6, 6.07) is 9.08. The van der Waals surface area contributed by atoms with Crippen molar-refractivity contribution in [3.63, 3.8) is 0 Å². The molecule has 25 heavy (non-hydrogen) atoms. The third-order valence-corrected chi connectivity index (χ3v) is 4.25. The quantitative estimate of drug-likeness (QED) is 0.727. The highest BCUT2D eigenvalue weighted by Crippen LogP contribution is 2.30. The van der Waals surface area contributed by atoms with Crippen LogP contribution in [-0.4, -0.2) is 29.2 Å². The van der Waals surface area contributed by atoms with E-state index in [9.17, 15) is 14.0 Å². The molecule has 0 N–H and O–H groups in total. The van der Waals surface area contributed by atoms with Crippen molar-refractivity contribution in [2.45, 2.75) is 0 Å². The van der Waals surface area contributed by atoms with Crippen LogP contribution in [0.2, 0.25) is 0 Å². The molecule has 7 heteroatoms. The highest BCUT2D eigenvalue weighted by molar-refractivity contribution is 8.18. The molecule has 1 saturated heterocycles. The van der Waals surface area contributed by atoms with Gasteiger partial charge in [-0.1, -0.05) is 6.08 Å². The van der Waals surface area contributed by atoms with E-state index in [1.807, 2.05) is 0 Å². The van der Waals surface area contributed by atoms with Crippen LogP contribution in [0.15, 0.2) is 64.1 Å². The van der Waals surface area contributed by atoms with Gasteiger partial charge in [-0.25, -0.2) is 4.39 Å². The monoisotopic (exact) mass is 359 g/mol. The summed E-state index contributed by atoms with van der Waals surface area (Å²) in [5.74, 6) is 0.418. The van der Waals surface area contributed by atoms with Gasteiger partial charge in [0.15, 0.2) is 0 Å². The molecule has 128 valence electrons. The van der Waals surface area contributed by atoms with Gasteiger partial charge in [-0.2, -0.15) is 0 Å². The Hall–Kier alpha value is -2.80. The van der Waals surface area contributed by atoms with Crippen LogP contribution >= 0.6 is 11.8 Å². The summed E-state index contributed by atoms with van der Waals surface area (Å²) in [6.07, 6.45) is 6.49. The second-order valence-corrected chi connectivity index (χ2v) is 6.03. The molecule has 1 fully saturated rings. The summed E-state index contributed by atoms with van der Waals surface area (Å²) in [5, 5.41) is -0.342. The van der Waals surface area contributed by atoms with Crippen LogP contribution in [0.3, 0.4) is 0 Å². The van der Waals surface area contributed by atoms with Gasteiger partial charge >= 0.3 is 0 Å². The molecule has 0 aliphatic carbocycles. The maximum atomic E-state index is 12.8. The minimum Gasteiger partial charge on any atom is -0.492 e. The van der Waals surface area contributed by atoms with Gasteiger partial charge in [0.05, 0.1) is 17.7 Å². The number of imide groups is 1. The van der Waals surface area contributed by atoms with Crippen molar-refractivity contribution in [1.29, 1.82) is 0 Å². The summed E-state index contributed by atoms with van der Waals surface area (Å²) in [7, 11) is 0. The number of carbonyl (C=O) groups is 2. The fourth-order valence-corrected chi connectivity index (χ4v) is 2.93. The Morgan fingerprint density at radius 2 is 2.00 bits per heavy atom. The number of allylic oxidation sites excluding steroid dienone is 2. The van der Waals surface area contributed by atoms with Crippen LogP contribution in [-0.2, 0) is 4.79 Å². The third-order valence-electron chi connectivity index (χ3n) is 3.32. The van der Waals surface area contributed by atoms with Gasteiger partial charge in [0.1, 0.15) is 23.9 Å². The molecular formula is C18H14FNO4S. The molecule has 1 aliphatic heterocycles. The standard InChI is InChI=1S/C18H14FNO4S/c19-13-6-8-15(9-7-13)24-12-10-20-17(21)16(25-18(20)22)5-1-3-14-4-2-11-23-14/h1-9,11H,10,12H2. The number of thioether (sulfide) groups is 1. The van der Waals surface area contributed by atoms with E-state index in [0.717, 1.165) is 16.7 Å². The van der Waals surface area contributed by atoms with Gasteiger partial charge in [0.25, 0.3) is 11.1 Å². The SMILES string of the molecule is O=C1SC(=CC=Cc2ccco2)C(=O)N1CCOc1ccc(F)cc1. The molecule has 0 spiro atoms. The molecule has 2 aromatic rings. The third kappa shape index (κ3) is 4.39. The number of ether oxygens (including phenoxy) is 1. The largest absolute Gasteiger partial charge is 0.492 e. The minimum atomic E-state index is -0.359. The zero-order valence-electron chi connectivity index (χ0n) is 13.1. The van der Waals surface area contributed by atoms with Gasteiger partial charge in [-0.3, -0.25) is 14.5 Å². The van der Waals surface area contributed by atoms with Gasteiger partial charge in [0, 0.05) is 0 Å². The Balaban J connectivity index is 1.54. The molecular weight excluding hydrogens is 345 g/mol. The Labute approximate surface area is 147 Å². The summed E-state index contributed by atoms with van der Waals surface area (Å²) in [6.45, 7) is 0.264. The Morgan fingerprint density at radius 3 is 2.72 bits per heavy atom. The Morgan fingerprint density at radius 1 is 1.20 bits per heavy atom. The molecule has 2 amide bonds. The zero-order chi connectivity index (χ0) is 17.6. The Kier molecular flexibility index (Phi) is 5.35. The van der Waals surface area contributed by atoms with Crippen LogP contribution in [0.5, 0.6) is 5.75 Å². The molecule has 0 radical (unpaired) electrons. The summed E-state index contributed by atoms with van der Waals surface area (Å²) >= 11 is 0.879. The highest BCUT2D eigenvalue weighted by Gasteiger charge is 2.34. The predicted octanol–water partition coefficient (Wildman–Crippen LogP) is 4.09. The maximum absolute atomic E-state index is 12.8. The number of benzene rings is 1. The van der Waals surface area contributed by atoms with Crippen LogP contribution in [0.4, 0.5) is 9.18 Å². The Bertz CT molecular complexity index is 812. The maximum Gasteiger partial charge on any atom is 0.293 e. The van der Waals surface area contributed by atoms with E-state index in [1.54, 1.807) is 36.6 Å². The lowest BCUT2D eigenvalue weighted by Crippen LogP contribution is -2.32. The number of nitrogens with zero attached hydrogens (tertiary/aromatic N) is 1. The van der Waals surface area contributed by atoms with Crippen molar-refractivity contribution in [3.8, 4) is 5.75 Å². The molecule has 0 unspecified atom stereocenters. The summed E-state index contributed by atoms with van der Waals surface area (Å²) < 4.78 is 23.4. The lowest BCUT2D eigenvalue weighted by Gasteiger charge is -2.13. The molecule has 0 saturated carbocycles. The smallest absolute Gasteiger partial charge is 0.293 e. The number of carbonyl (C=O) groups excluding carboxylic acids is 2. The molecule has 0 atom stereocenters. The average Bonchev–Trinajstić information content (AvgIpc) is 3.20. The van der Waals surface area contributed by atoms with Gasteiger partial charge in [0.2, 0.25) is 0 Å². The lowest BCUT2D eigenvalue weighted by atomic mass is 10.3. The first-order valence-corrected chi connectivity index (χ1v) is 8.29. The van der Waals surface area contributed by atoms with Crippen LogP contribution in [0, 0.1) is 5.82 Å². The van der Waals surface area contributed by atoms with E-state index >= 15 is 0 Å².